The van der Waals surface area contributed by atoms with Gasteiger partial charge in [0, 0.05) is 10.2 Å². The predicted molar refractivity (Wildman–Crippen MR) is 69.3 cm³/mol. The minimum absolute atomic E-state index is 0.101. The first-order valence-corrected chi connectivity index (χ1v) is 7.28. The normalized spacial score (nSPS) is 12.7. The van der Waals surface area contributed by atoms with Crippen LogP contribution in [0.4, 0.5) is 4.39 Å². The first kappa shape index (κ1) is 13.0. The van der Waals surface area contributed by atoms with E-state index in [-0.39, 0.29) is 5.82 Å². The quantitative estimate of drug-likeness (QED) is 0.539. The minimum Gasteiger partial charge on any atom is -0.206 e. The summed E-state index contributed by atoms with van der Waals surface area (Å²) < 4.78 is 13.2. The molecular formula is C12H16BrFS. The smallest absolute Gasteiger partial charge is 0.136 e. The third kappa shape index (κ3) is 5.03. The Kier molecular flexibility index (Phi) is 6.34. The Hall–Kier alpha value is -0.0200. The maximum absolute atomic E-state index is 13.2. The molecule has 0 amide bonds. The van der Waals surface area contributed by atoms with Gasteiger partial charge in [-0.05, 0) is 36.6 Å². The van der Waals surface area contributed by atoms with Gasteiger partial charge in [0.1, 0.15) is 5.82 Å². The van der Waals surface area contributed by atoms with Gasteiger partial charge in [-0.2, -0.15) is 0 Å². The molecule has 0 spiro atoms. The average molecular weight is 291 g/mol. The molecule has 15 heavy (non-hydrogen) atoms. The van der Waals surface area contributed by atoms with Crippen LogP contribution >= 0.6 is 27.7 Å². The molecule has 1 aromatic carbocycles. The molecule has 1 rings (SSSR count). The molecule has 0 N–H and O–H groups in total. The van der Waals surface area contributed by atoms with E-state index in [4.69, 9.17) is 0 Å². The zero-order valence-corrected chi connectivity index (χ0v) is 11.3. The molecule has 3 heteroatoms. The van der Waals surface area contributed by atoms with Gasteiger partial charge in [0.25, 0.3) is 0 Å². The Morgan fingerprint density at radius 1 is 1.33 bits per heavy atom. The highest BCUT2D eigenvalue weighted by atomic mass is 79.9. The molecule has 0 aliphatic heterocycles. The van der Waals surface area contributed by atoms with Gasteiger partial charge in [-0.1, -0.05) is 35.0 Å². The van der Waals surface area contributed by atoms with Crippen molar-refractivity contribution >= 4 is 27.7 Å². The second kappa shape index (κ2) is 7.29. The lowest BCUT2D eigenvalue weighted by Gasteiger charge is -2.08. The van der Waals surface area contributed by atoms with Crippen molar-refractivity contribution in [3.63, 3.8) is 0 Å². The number of thioether (sulfide) groups is 1. The fourth-order valence-corrected chi connectivity index (χ4v) is 3.16. The van der Waals surface area contributed by atoms with Gasteiger partial charge in [0.05, 0.1) is 0 Å². The van der Waals surface area contributed by atoms with E-state index >= 15 is 0 Å². The number of benzene rings is 1. The topological polar surface area (TPSA) is 0 Å². The lowest BCUT2D eigenvalue weighted by Crippen LogP contribution is -1.97. The van der Waals surface area contributed by atoms with Crippen LogP contribution in [0.25, 0.3) is 0 Å². The van der Waals surface area contributed by atoms with Crippen LogP contribution in [-0.4, -0.2) is 11.1 Å². The molecule has 1 atom stereocenters. The Balaban J connectivity index is 2.29. The van der Waals surface area contributed by atoms with Gasteiger partial charge in [-0.25, -0.2) is 4.39 Å². The van der Waals surface area contributed by atoms with Crippen molar-refractivity contribution in [1.82, 2.24) is 0 Å². The summed E-state index contributed by atoms with van der Waals surface area (Å²) in [7, 11) is 0. The third-order valence-electron chi connectivity index (χ3n) is 2.31. The standard InChI is InChI=1S/C12H16BrFS/c1-10(6-8-13)7-9-15-12-5-3-2-4-11(12)14/h2-5,10H,6-9H2,1H3. The van der Waals surface area contributed by atoms with E-state index in [1.807, 2.05) is 12.1 Å². The van der Waals surface area contributed by atoms with Crippen LogP contribution in [0.3, 0.4) is 0 Å². The molecule has 1 unspecified atom stereocenters. The monoisotopic (exact) mass is 290 g/mol. The van der Waals surface area contributed by atoms with Gasteiger partial charge in [-0.3, -0.25) is 0 Å². The molecule has 84 valence electrons. The summed E-state index contributed by atoms with van der Waals surface area (Å²) in [6, 6.07) is 6.97. The Morgan fingerprint density at radius 2 is 2.07 bits per heavy atom. The molecule has 0 bridgehead atoms. The highest BCUT2D eigenvalue weighted by molar-refractivity contribution is 9.09. The van der Waals surface area contributed by atoms with Gasteiger partial charge in [0.15, 0.2) is 0 Å². The predicted octanol–water partition coefficient (Wildman–Crippen LogP) is 4.73. The summed E-state index contributed by atoms with van der Waals surface area (Å²) in [5.74, 6) is 1.61. The lowest BCUT2D eigenvalue weighted by molar-refractivity contribution is 0.554. The van der Waals surface area contributed by atoms with E-state index < -0.39 is 0 Å². The van der Waals surface area contributed by atoms with Crippen molar-refractivity contribution in [2.45, 2.75) is 24.7 Å². The molecule has 0 heterocycles. The lowest BCUT2D eigenvalue weighted by atomic mass is 10.1. The zero-order chi connectivity index (χ0) is 11.1. The third-order valence-corrected chi connectivity index (χ3v) is 3.85. The van der Waals surface area contributed by atoms with Gasteiger partial charge >= 0.3 is 0 Å². The number of halogens is 2. The van der Waals surface area contributed by atoms with Gasteiger partial charge < -0.3 is 0 Å². The summed E-state index contributed by atoms with van der Waals surface area (Å²) >= 11 is 5.04. The summed E-state index contributed by atoms with van der Waals surface area (Å²) in [4.78, 5) is 0.767. The number of rotatable bonds is 6. The fourth-order valence-electron chi connectivity index (χ4n) is 1.26. The zero-order valence-electron chi connectivity index (χ0n) is 8.88. The van der Waals surface area contributed by atoms with Crippen LogP contribution in [0, 0.1) is 11.7 Å². The van der Waals surface area contributed by atoms with Crippen LogP contribution in [0.2, 0.25) is 0 Å². The van der Waals surface area contributed by atoms with E-state index in [0.717, 1.165) is 22.4 Å². The van der Waals surface area contributed by atoms with Crippen molar-refractivity contribution in [1.29, 1.82) is 0 Å². The van der Waals surface area contributed by atoms with Crippen molar-refractivity contribution in [2.75, 3.05) is 11.1 Å². The minimum atomic E-state index is -0.101. The first-order valence-electron chi connectivity index (χ1n) is 5.17. The Labute approximate surface area is 104 Å². The average Bonchev–Trinajstić information content (AvgIpc) is 2.21. The summed E-state index contributed by atoms with van der Waals surface area (Å²) in [5.41, 5.74) is 0. The summed E-state index contributed by atoms with van der Waals surface area (Å²) in [6.07, 6.45) is 2.34. The van der Waals surface area contributed by atoms with Crippen molar-refractivity contribution in [2.24, 2.45) is 5.92 Å². The highest BCUT2D eigenvalue weighted by Crippen LogP contribution is 2.23. The molecule has 0 aliphatic carbocycles. The first-order chi connectivity index (χ1) is 7.24. The van der Waals surface area contributed by atoms with Crippen LogP contribution in [0.5, 0.6) is 0 Å². The molecule has 0 aromatic heterocycles. The molecular weight excluding hydrogens is 275 g/mol. The number of alkyl halides is 1. The van der Waals surface area contributed by atoms with Gasteiger partial charge in [0.2, 0.25) is 0 Å². The molecule has 0 radical (unpaired) electrons. The van der Waals surface area contributed by atoms with E-state index in [1.54, 1.807) is 17.8 Å². The summed E-state index contributed by atoms with van der Waals surface area (Å²) in [5, 5.41) is 1.05. The van der Waals surface area contributed by atoms with Crippen LogP contribution in [0.1, 0.15) is 19.8 Å². The fraction of sp³-hybridized carbons (Fsp3) is 0.500. The summed E-state index contributed by atoms with van der Waals surface area (Å²) in [6.45, 7) is 2.24. The van der Waals surface area contributed by atoms with Crippen molar-refractivity contribution in [3.05, 3.63) is 30.1 Å². The number of hydrogen-bond donors (Lipinski definition) is 0. The molecule has 0 fully saturated rings. The van der Waals surface area contributed by atoms with Crippen LogP contribution in [-0.2, 0) is 0 Å². The van der Waals surface area contributed by atoms with Crippen LogP contribution < -0.4 is 0 Å². The SMILES string of the molecule is CC(CCBr)CCSc1ccccc1F. The maximum atomic E-state index is 13.2. The van der Waals surface area contributed by atoms with Gasteiger partial charge in [-0.15, -0.1) is 11.8 Å². The molecule has 0 aliphatic rings. The highest BCUT2D eigenvalue weighted by Gasteiger charge is 2.04. The second-order valence-electron chi connectivity index (χ2n) is 3.65. The largest absolute Gasteiger partial charge is 0.206 e. The number of hydrogen-bond acceptors (Lipinski definition) is 1. The van der Waals surface area contributed by atoms with Crippen LogP contribution in [0.15, 0.2) is 29.2 Å². The van der Waals surface area contributed by atoms with E-state index in [0.29, 0.717) is 5.92 Å². The Morgan fingerprint density at radius 3 is 2.73 bits per heavy atom. The second-order valence-corrected chi connectivity index (χ2v) is 5.58. The maximum Gasteiger partial charge on any atom is 0.136 e. The molecule has 0 saturated heterocycles. The van der Waals surface area contributed by atoms with E-state index in [9.17, 15) is 4.39 Å². The Bertz CT molecular complexity index is 291. The molecule has 1 aromatic rings. The van der Waals surface area contributed by atoms with Crippen molar-refractivity contribution in [3.8, 4) is 0 Å². The van der Waals surface area contributed by atoms with Crippen molar-refractivity contribution < 1.29 is 4.39 Å². The van der Waals surface area contributed by atoms with E-state index in [2.05, 4.69) is 22.9 Å². The van der Waals surface area contributed by atoms with E-state index in [1.165, 1.54) is 12.5 Å². The molecule has 0 nitrogen and oxygen atoms in total. The molecule has 0 saturated carbocycles.